The maximum Gasteiger partial charge on any atom is 0.460 e. The van der Waals surface area contributed by atoms with E-state index in [2.05, 4.69) is 5.32 Å². The molecule has 8 nitrogen and oxygen atoms in total. The zero-order chi connectivity index (χ0) is 50.6. The van der Waals surface area contributed by atoms with Crippen molar-refractivity contribution in [3.05, 3.63) is 71.3 Å². The Morgan fingerprint density at radius 2 is 1.20 bits per heavy atom. The van der Waals surface area contributed by atoms with Crippen molar-refractivity contribution in [3.8, 4) is 5.75 Å². The highest BCUT2D eigenvalue weighted by Crippen LogP contribution is 2.64. The number of hydrogen-bond acceptors (Lipinski definition) is 6. The van der Waals surface area contributed by atoms with Crippen molar-refractivity contribution >= 4 is 26.0 Å². The van der Waals surface area contributed by atoms with Crippen LogP contribution in [0.2, 0.25) is 17.1 Å². The topological polar surface area (TPSA) is 106 Å². The van der Waals surface area contributed by atoms with Crippen LogP contribution in [0.4, 0.5) is 93.9 Å². The van der Waals surface area contributed by atoms with E-state index in [1.807, 2.05) is 0 Å². The molecular weight excluding hydrogens is 957 g/mol. The number of carbonyl (C=O) groups is 2. The molecule has 28 heteroatoms. The highest BCUT2D eigenvalue weighted by Gasteiger charge is 2.95. The predicted molar refractivity (Wildman–Crippen MR) is 191 cm³/mol. The van der Waals surface area contributed by atoms with E-state index < -0.39 is 128 Å². The van der Waals surface area contributed by atoms with Crippen LogP contribution in [0.5, 0.6) is 5.75 Å². The minimum Gasteiger partial charge on any atom is -0.491 e. The van der Waals surface area contributed by atoms with E-state index in [4.69, 9.17) is 19.1 Å². The molecule has 65 heavy (non-hydrogen) atoms. The summed E-state index contributed by atoms with van der Waals surface area (Å²) in [5.74, 6) is -60.1. The molecular formula is C37H39F19N2O6Si. The second kappa shape index (κ2) is 20.2. The number of hydrogen-bond donors (Lipinski definition) is 3. The molecule has 0 spiro atoms. The molecule has 2 rings (SSSR count). The fourth-order valence-corrected chi connectivity index (χ4v) is 10.6. The summed E-state index contributed by atoms with van der Waals surface area (Å²) in [6, 6.07) is 5.97. The van der Waals surface area contributed by atoms with E-state index in [9.17, 15) is 93.0 Å². The van der Waals surface area contributed by atoms with Crippen LogP contribution in [0.25, 0.3) is 0 Å². The summed E-state index contributed by atoms with van der Waals surface area (Å²) in [4.78, 5) is 24.4. The molecule has 0 aromatic heterocycles. The number of alkyl halides is 17. The Morgan fingerprint density at radius 1 is 0.708 bits per heavy atom. The van der Waals surface area contributed by atoms with E-state index in [0.29, 0.717) is 6.07 Å². The van der Waals surface area contributed by atoms with Gasteiger partial charge in [0.05, 0.1) is 12.3 Å². The van der Waals surface area contributed by atoms with Crippen LogP contribution in [-0.2, 0) is 14.0 Å². The standard InChI is InChI=1S/C37H39F19N2O6Si/c1-19(2)65(20(3)4,17-14-30(40,41)31(42,43)32(44,45)33(46,47)34(48,49)35(50,51)36(52,53)37(54,55)56)63-16-15-62-24-10-7-22(8-11-24)27(13-6-21(5)28(59)58-61)64-29(60)57-26-12-9-23(38)18-25(26)39/h6-12,18-20,27,61H,13-17H2,1-5H3,(H,57,60)(H,58,59)/b21-6+/t27-/m0/s1. The molecule has 0 aliphatic carbocycles. The predicted octanol–water partition coefficient (Wildman–Crippen LogP) is 12.7. The van der Waals surface area contributed by atoms with Gasteiger partial charge in [-0.15, -0.1) is 0 Å². The van der Waals surface area contributed by atoms with Gasteiger partial charge in [0.15, 0.2) is 8.32 Å². The minimum absolute atomic E-state index is 0.00591. The van der Waals surface area contributed by atoms with Gasteiger partial charge in [-0.2, -0.15) is 74.6 Å². The third kappa shape index (κ3) is 11.4. The maximum atomic E-state index is 15.0. The Balaban J connectivity index is 2.30. The Labute approximate surface area is 357 Å². The first-order valence-corrected chi connectivity index (χ1v) is 20.7. The molecule has 0 unspecified atom stereocenters. The Bertz CT molecular complexity index is 1970. The van der Waals surface area contributed by atoms with Crippen molar-refractivity contribution in [1.82, 2.24) is 5.48 Å². The molecule has 0 aliphatic rings. The number of carbonyl (C=O) groups excluding carboxylic acids is 2. The van der Waals surface area contributed by atoms with Crippen molar-refractivity contribution in [2.75, 3.05) is 18.5 Å². The average molecular weight is 997 g/mol. The minimum atomic E-state index is -8.73. The van der Waals surface area contributed by atoms with E-state index in [1.54, 1.807) is 0 Å². The third-order valence-corrected chi connectivity index (χ3v) is 15.7. The van der Waals surface area contributed by atoms with Crippen LogP contribution in [-0.4, -0.2) is 86.4 Å². The number of rotatable bonds is 22. The molecule has 2 aromatic carbocycles. The van der Waals surface area contributed by atoms with Gasteiger partial charge in [-0.05, 0) is 53.9 Å². The number of benzene rings is 2. The lowest BCUT2D eigenvalue weighted by molar-refractivity contribution is -0.461. The number of anilines is 1. The molecule has 0 bridgehead atoms. The normalized spacial score (nSPS) is 14.7. The molecule has 2 aromatic rings. The van der Waals surface area contributed by atoms with Gasteiger partial charge in [0.1, 0.15) is 30.1 Å². The zero-order valence-corrected chi connectivity index (χ0v) is 35.1. The van der Waals surface area contributed by atoms with E-state index in [-0.39, 0.29) is 23.3 Å². The smallest absolute Gasteiger partial charge is 0.460 e. The molecule has 2 amide bonds. The van der Waals surface area contributed by atoms with Crippen LogP contribution in [0.3, 0.4) is 0 Å². The molecule has 0 heterocycles. The molecule has 0 aliphatic heterocycles. The van der Waals surface area contributed by atoms with Crippen molar-refractivity contribution in [2.24, 2.45) is 0 Å². The Kier molecular flexibility index (Phi) is 17.6. The Morgan fingerprint density at radius 3 is 1.66 bits per heavy atom. The average Bonchev–Trinajstić information content (AvgIpc) is 3.18. The lowest BCUT2D eigenvalue weighted by atomic mass is 9.88. The molecule has 3 N–H and O–H groups in total. The molecule has 1 atom stereocenters. The first-order valence-electron chi connectivity index (χ1n) is 18.4. The van der Waals surface area contributed by atoms with Crippen LogP contribution < -0.4 is 15.5 Å². The molecule has 370 valence electrons. The van der Waals surface area contributed by atoms with Gasteiger partial charge < -0.3 is 13.9 Å². The quantitative estimate of drug-likeness (QED) is 0.0271. The number of hydroxylamine groups is 1. The summed E-state index contributed by atoms with van der Waals surface area (Å²) in [6.45, 7) is 5.28. The second-order valence-electron chi connectivity index (χ2n) is 14.9. The van der Waals surface area contributed by atoms with Gasteiger partial charge in [0.2, 0.25) is 0 Å². The van der Waals surface area contributed by atoms with Crippen LogP contribution in [0.1, 0.15) is 59.1 Å². The van der Waals surface area contributed by atoms with Gasteiger partial charge in [0, 0.05) is 24.5 Å². The lowest BCUT2D eigenvalue weighted by Gasteiger charge is -2.44. The fraction of sp³-hybridized carbons (Fsp3) is 0.568. The maximum absolute atomic E-state index is 15.0. The number of ether oxygens (including phenoxy) is 2. The third-order valence-electron chi connectivity index (χ3n) is 10.1. The summed E-state index contributed by atoms with van der Waals surface area (Å²) in [5, 5.41) is 10.9. The van der Waals surface area contributed by atoms with E-state index >= 15 is 0 Å². The summed E-state index contributed by atoms with van der Waals surface area (Å²) in [6.07, 6.45) is -11.9. The summed E-state index contributed by atoms with van der Waals surface area (Å²) < 4.78 is 279. The van der Waals surface area contributed by atoms with E-state index in [1.165, 1.54) is 70.4 Å². The lowest BCUT2D eigenvalue weighted by Crippen LogP contribution is -2.74. The number of halogens is 19. The molecule has 0 radical (unpaired) electrons. The zero-order valence-electron chi connectivity index (χ0n) is 34.1. The van der Waals surface area contributed by atoms with Crippen LogP contribution in [0.15, 0.2) is 54.1 Å². The molecule has 0 saturated carbocycles. The highest BCUT2D eigenvalue weighted by molar-refractivity contribution is 6.76. The highest BCUT2D eigenvalue weighted by atomic mass is 28.4. The van der Waals surface area contributed by atoms with Gasteiger partial charge in [0.25, 0.3) is 5.91 Å². The second-order valence-corrected chi connectivity index (χ2v) is 19.9. The van der Waals surface area contributed by atoms with Gasteiger partial charge in [-0.1, -0.05) is 45.9 Å². The van der Waals surface area contributed by atoms with Gasteiger partial charge in [-0.3, -0.25) is 15.3 Å². The summed E-state index contributed by atoms with van der Waals surface area (Å²) in [7, 11) is -4.06. The fourth-order valence-electron chi connectivity index (χ4n) is 6.10. The van der Waals surface area contributed by atoms with Crippen molar-refractivity contribution in [1.29, 1.82) is 0 Å². The van der Waals surface area contributed by atoms with Crippen molar-refractivity contribution in [3.63, 3.8) is 0 Å². The monoisotopic (exact) mass is 996 g/mol. The van der Waals surface area contributed by atoms with Crippen molar-refractivity contribution < 1.29 is 112 Å². The Hall–Kier alpha value is -4.47. The van der Waals surface area contributed by atoms with Crippen LogP contribution >= 0.6 is 0 Å². The van der Waals surface area contributed by atoms with Gasteiger partial charge in [-0.25, -0.2) is 19.1 Å². The van der Waals surface area contributed by atoms with Crippen LogP contribution in [0, 0.1) is 11.6 Å². The molecule has 0 saturated heterocycles. The first-order chi connectivity index (χ1) is 29.3. The van der Waals surface area contributed by atoms with Gasteiger partial charge >= 0.3 is 53.7 Å². The summed E-state index contributed by atoms with van der Waals surface area (Å²) >= 11 is 0. The van der Waals surface area contributed by atoms with E-state index in [0.717, 1.165) is 12.1 Å². The summed E-state index contributed by atoms with van der Waals surface area (Å²) in [5.41, 5.74) is -0.808. The number of nitrogens with one attached hydrogen (secondary N) is 2. The number of amides is 2. The van der Waals surface area contributed by atoms with Crippen molar-refractivity contribution in [2.45, 2.75) is 118 Å². The SMILES string of the molecule is C/C(=C\C[C@H](OC(=O)Nc1ccc(F)cc1F)c1ccc(OCCO[Si](CCC(F)(F)C(F)(F)C(F)(F)C(F)(F)C(F)(F)C(F)(F)C(F)(F)C(F)(F)F)(C(C)C)C(C)C)cc1)C(=O)NO. The first kappa shape index (κ1) is 56.7. The molecule has 0 fully saturated rings. The largest absolute Gasteiger partial charge is 0.491 e.